The number of pyridine rings is 1. The summed E-state index contributed by atoms with van der Waals surface area (Å²) in [7, 11) is 1.68. The van der Waals surface area contributed by atoms with Crippen molar-refractivity contribution in [1.82, 2.24) is 9.88 Å². The Bertz CT molecular complexity index is 812. The number of ether oxygens (including phenoxy) is 2. The molecule has 1 aromatic carbocycles. The Hall–Kier alpha value is -2.21. The van der Waals surface area contributed by atoms with Crippen molar-refractivity contribution in [1.29, 1.82) is 0 Å². The topological polar surface area (TPSA) is 47.0 Å². The van der Waals surface area contributed by atoms with Gasteiger partial charge in [0.15, 0.2) is 16.7 Å². The lowest BCUT2D eigenvalue weighted by Crippen LogP contribution is -2.28. The number of rotatable bonds is 5. The van der Waals surface area contributed by atoms with Crippen LogP contribution in [0.4, 0.5) is 0 Å². The number of hydrogen-bond acceptors (Lipinski definition) is 6. The van der Waals surface area contributed by atoms with Crippen LogP contribution >= 0.6 is 11.8 Å². The molecule has 1 saturated heterocycles. The quantitative estimate of drug-likeness (QED) is 0.795. The van der Waals surface area contributed by atoms with Crippen molar-refractivity contribution >= 4 is 16.9 Å². The molecule has 0 bridgehead atoms. The molecular weight excluding hydrogens is 346 g/mol. The SMILES string of the molecule is CCOc1ccc([C@H]2[C@@H](c3ccccn3)N=C3S[C@@H](C)CN32)cc1OC. The normalized spacial score (nSPS) is 24.3. The summed E-state index contributed by atoms with van der Waals surface area (Å²) < 4.78 is 11.2. The summed E-state index contributed by atoms with van der Waals surface area (Å²) in [6, 6.07) is 12.4. The highest BCUT2D eigenvalue weighted by atomic mass is 32.2. The molecule has 3 atom stereocenters. The molecule has 0 N–H and O–H groups in total. The average molecular weight is 369 g/mol. The Morgan fingerprint density at radius 3 is 2.85 bits per heavy atom. The smallest absolute Gasteiger partial charge is 0.161 e. The van der Waals surface area contributed by atoms with Gasteiger partial charge in [-0.2, -0.15) is 0 Å². The number of aromatic nitrogens is 1. The molecule has 1 fully saturated rings. The van der Waals surface area contributed by atoms with Gasteiger partial charge in [-0.25, -0.2) is 0 Å². The molecular formula is C20H23N3O2S. The minimum Gasteiger partial charge on any atom is -0.493 e. The van der Waals surface area contributed by atoms with Crippen LogP contribution in [0.3, 0.4) is 0 Å². The summed E-state index contributed by atoms with van der Waals surface area (Å²) in [5.74, 6) is 1.54. The Morgan fingerprint density at radius 1 is 1.23 bits per heavy atom. The van der Waals surface area contributed by atoms with Crippen molar-refractivity contribution < 1.29 is 9.47 Å². The predicted molar refractivity (Wildman–Crippen MR) is 105 cm³/mol. The molecule has 6 heteroatoms. The van der Waals surface area contributed by atoms with E-state index in [1.807, 2.05) is 43.1 Å². The molecule has 2 aliphatic heterocycles. The van der Waals surface area contributed by atoms with Crippen molar-refractivity contribution in [3.8, 4) is 11.5 Å². The summed E-state index contributed by atoms with van der Waals surface area (Å²) in [4.78, 5) is 12.0. The largest absolute Gasteiger partial charge is 0.493 e. The second-order valence-corrected chi connectivity index (χ2v) is 7.89. The van der Waals surface area contributed by atoms with Crippen LogP contribution < -0.4 is 9.47 Å². The van der Waals surface area contributed by atoms with Crippen LogP contribution in [0, 0.1) is 0 Å². The van der Waals surface area contributed by atoms with Gasteiger partial charge in [0.05, 0.1) is 25.5 Å². The van der Waals surface area contributed by atoms with Gasteiger partial charge in [-0.3, -0.25) is 9.98 Å². The van der Waals surface area contributed by atoms with Crippen molar-refractivity contribution in [2.24, 2.45) is 4.99 Å². The molecule has 0 aliphatic carbocycles. The minimum atomic E-state index is -0.00569. The molecule has 0 amide bonds. The first-order chi connectivity index (χ1) is 12.7. The molecule has 3 heterocycles. The van der Waals surface area contributed by atoms with E-state index in [0.717, 1.165) is 28.9 Å². The van der Waals surface area contributed by atoms with E-state index in [-0.39, 0.29) is 12.1 Å². The monoisotopic (exact) mass is 369 g/mol. The van der Waals surface area contributed by atoms with Crippen molar-refractivity contribution in [2.75, 3.05) is 20.3 Å². The third-order valence-corrected chi connectivity index (χ3v) is 5.81. The first-order valence-corrected chi connectivity index (χ1v) is 9.82. The Kier molecular flexibility index (Phi) is 4.76. The molecule has 5 nitrogen and oxygen atoms in total. The summed E-state index contributed by atoms with van der Waals surface area (Å²) in [6.45, 7) is 5.83. The van der Waals surface area contributed by atoms with E-state index in [9.17, 15) is 0 Å². The number of amidine groups is 1. The van der Waals surface area contributed by atoms with Gasteiger partial charge in [0, 0.05) is 18.0 Å². The van der Waals surface area contributed by atoms with Gasteiger partial charge in [-0.05, 0) is 36.8 Å². The van der Waals surface area contributed by atoms with Gasteiger partial charge < -0.3 is 14.4 Å². The average Bonchev–Trinajstić information content (AvgIpc) is 3.19. The van der Waals surface area contributed by atoms with E-state index in [2.05, 4.69) is 35.0 Å². The maximum absolute atomic E-state index is 5.68. The first-order valence-electron chi connectivity index (χ1n) is 8.94. The van der Waals surface area contributed by atoms with Crippen LogP contribution in [-0.2, 0) is 0 Å². The fraction of sp³-hybridized carbons (Fsp3) is 0.400. The lowest BCUT2D eigenvalue weighted by atomic mass is 9.96. The van der Waals surface area contributed by atoms with E-state index in [0.29, 0.717) is 11.9 Å². The van der Waals surface area contributed by atoms with Gasteiger partial charge in [0.2, 0.25) is 0 Å². The fourth-order valence-electron chi connectivity index (χ4n) is 3.62. The van der Waals surface area contributed by atoms with Gasteiger partial charge in [0.25, 0.3) is 0 Å². The van der Waals surface area contributed by atoms with Crippen LogP contribution in [0.25, 0.3) is 0 Å². The molecule has 2 aromatic rings. The van der Waals surface area contributed by atoms with E-state index in [4.69, 9.17) is 14.5 Å². The zero-order valence-electron chi connectivity index (χ0n) is 15.3. The molecule has 0 unspecified atom stereocenters. The van der Waals surface area contributed by atoms with E-state index in [1.165, 1.54) is 5.56 Å². The number of hydrogen-bond donors (Lipinski definition) is 0. The molecule has 4 rings (SSSR count). The fourth-order valence-corrected chi connectivity index (χ4v) is 4.71. The van der Waals surface area contributed by atoms with Gasteiger partial charge >= 0.3 is 0 Å². The number of benzene rings is 1. The van der Waals surface area contributed by atoms with Crippen LogP contribution in [0.5, 0.6) is 11.5 Å². The van der Waals surface area contributed by atoms with Crippen LogP contribution in [0.2, 0.25) is 0 Å². The second-order valence-electron chi connectivity index (χ2n) is 6.48. The van der Waals surface area contributed by atoms with Crippen molar-refractivity contribution in [2.45, 2.75) is 31.2 Å². The highest BCUT2D eigenvalue weighted by Gasteiger charge is 2.43. The van der Waals surface area contributed by atoms with Crippen LogP contribution in [0.1, 0.15) is 37.2 Å². The number of methoxy groups -OCH3 is 1. The van der Waals surface area contributed by atoms with E-state index >= 15 is 0 Å². The lowest BCUT2D eigenvalue weighted by molar-refractivity contribution is 0.304. The third kappa shape index (κ3) is 3.03. The number of thioether (sulfide) groups is 1. The van der Waals surface area contributed by atoms with Gasteiger partial charge in [-0.15, -0.1) is 0 Å². The number of aliphatic imine (C=N–C) groups is 1. The molecule has 0 spiro atoms. The highest BCUT2D eigenvalue weighted by molar-refractivity contribution is 8.14. The summed E-state index contributed by atoms with van der Waals surface area (Å²) >= 11 is 1.85. The van der Waals surface area contributed by atoms with E-state index in [1.54, 1.807) is 7.11 Å². The summed E-state index contributed by atoms with van der Waals surface area (Å²) in [5.41, 5.74) is 2.18. The lowest BCUT2D eigenvalue weighted by Gasteiger charge is -2.28. The highest BCUT2D eigenvalue weighted by Crippen LogP contribution is 2.48. The van der Waals surface area contributed by atoms with Crippen molar-refractivity contribution in [3.63, 3.8) is 0 Å². The summed E-state index contributed by atoms with van der Waals surface area (Å²) in [6.07, 6.45) is 1.84. The number of fused-ring (bicyclic) bond motifs is 1. The zero-order chi connectivity index (χ0) is 18.1. The third-order valence-electron chi connectivity index (χ3n) is 4.71. The summed E-state index contributed by atoms with van der Waals surface area (Å²) in [5, 5.41) is 1.66. The molecule has 1 aromatic heterocycles. The van der Waals surface area contributed by atoms with Gasteiger partial charge in [0.1, 0.15) is 6.04 Å². The van der Waals surface area contributed by atoms with Gasteiger partial charge in [-0.1, -0.05) is 30.8 Å². The second kappa shape index (κ2) is 7.19. The van der Waals surface area contributed by atoms with Crippen molar-refractivity contribution in [3.05, 3.63) is 53.9 Å². The number of nitrogens with zero attached hydrogens (tertiary/aromatic N) is 3. The van der Waals surface area contributed by atoms with Crippen LogP contribution in [0.15, 0.2) is 47.6 Å². The Balaban J connectivity index is 1.75. The standard InChI is InChI=1S/C20H23N3O2S/c1-4-25-16-9-8-14(11-17(16)24-3)19-18(15-7-5-6-10-21-15)22-20-23(19)12-13(2)26-20/h5-11,13,18-19H,4,12H2,1-3H3/t13-,18+,19-/m0/s1. The van der Waals surface area contributed by atoms with E-state index < -0.39 is 0 Å². The van der Waals surface area contributed by atoms with Crippen LogP contribution in [-0.4, -0.2) is 40.6 Å². The minimum absolute atomic E-state index is 0.00569. The molecule has 2 aliphatic rings. The first kappa shape index (κ1) is 17.2. The zero-order valence-corrected chi connectivity index (χ0v) is 16.1. The Labute approximate surface area is 158 Å². The molecule has 0 saturated carbocycles. The molecule has 26 heavy (non-hydrogen) atoms. The predicted octanol–water partition coefficient (Wildman–Crippen LogP) is 4.08. The molecule has 136 valence electrons. The maximum Gasteiger partial charge on any atom is 0.161 e. The molecule has 0 radical (unpaired) electrons. The Morgan fingerprint density at radius 2 is 2.12 bits per heavy atom. The maximum atomic E-state index is 5.68.